The minimum atomic E-state index is 0.480. The molecule has 15 heavy (non-hydrogen) atoms. The summed E-state index contributed by atoms with van der Waals surface area (Å²) >= 11 is 0. The standard InChI is InChI=1S/C12H21N3/c1-8(2)12-9(3)15-10(7-13)5-4-6-11(15)14-12/h8,10H,4-7,13H2,1-3H3. The largest absolute Gasteiger partial charge is 0.328 e. The maximum atomic E-state index is 5.82. The van der Waals surface area contributed by atoms with Gasteiger partial charge in [-0.15, -0.1) is 0 Å². The Morgan fingerprint density at radius 1 is 1.53 bits per heavy atom. The Morgan fingerprint density at radius 3 is 2.87 bits per heavy atom. The van der Waals surface area contributed by atoms with E-state index in [4.69, 9.17) is 10.7 Å². The van der Waals surface area contributed by atoms with Crippen molar-refractivity contribution in [3.05, 3.63) is 17.2 Å². The highest BCUT2D eigenvalue weighted by molar-refractivity contribution is 5.21. The number of hydrogen-bond donors (Lipinski definition) is 1. The molecule has 2 N–H and O–H groups in total. The number of rotatable bonds is 2. The topological polar surface area (TPSA) is 43.8 Å². The van der Waals surface area contributed by atoms with Crippen LogP contribution in [0.5, 0.6) is 0 Å². The van der Waals surface area contributed by atoms with E-state index >= 15 is 0 Å². The van der Waals surface area contributed by atoms with Gasteiger partial charge < -0.3 is 10.3 Å². The SMILES string of the molecule is Cc1c(C(C)C)nc2n1C(CN)CCC2. The molecule has 3 nitrogen and oxygen atoms in total. The molecule has 1 aromatic heterocycles. The number of fused-ring (bicyclic) bond motifs is 1. The lowest BCUT2D eigenvalue weighted by Gasteiger charge is -2.25. The molecule has 1 aromatic rings. The molecule has 0 radical (unpaired) electrons. The van der Waals surface area contributed by atoms with Gasteiger partial charge >= 0.3 is 0 Å². The van der Waals surface area contributed by atoms with Crippen LogP contribution in [0.4, 0.5) is 0 Å². The first-order chi connectivity index (χ1) is 7.15. The van der Waals surface area contributed by atoms with Crippen molar-refractivity contribution in [1.82, 2.24) is 9.55 Å². The Morgan fingerprint density at radius 2 is 2.27 bits per heavy atom. The second kappa shape index (κ2) is 3.97. The van der Waals surface area contributed by atoms with Gasteiger partial charge in [0, 0.05) is 24.7 Å². The van der Waals surface area contributed by atoms with Crippen molar-refractivity contribution in [2.45, 2.75) is 52.0 Å². The lowest BCUT2D eigenvalue weighted by atomic mass is 10.0. The van der Waals surface area contributed by atoms with Crippen molar-refractivity contribution in [1.29, 1.82) is 0 Å². The van der Waals surface area contributed by atoms with Gasteiger partial charge in [-0.1, -0.05) is 13.8 Å². The number of aromatic nitrogens is 2. The third-order valence-electron chi connectivity index (χ3n) is 3.38. The van der Waals surface area contributed by atoms with Gasteiger partial charge in [0.15, 0.2) is 0 Å². The van der Waals surface area contributed by atoms with E-state index in [0.717, 1.165) is 13.0 Å². The molecule has 2 heterocycles. The van der Waals surface area contributed by atoms with Crippen LogP contribution in [0, 0.1) is 6.92 Å². The van der Waals surface area contributed by atoms with Crippen LogP contribution < -0.4 is 5.73 Å². The van der Waals surface area contributed by atoms with E-state index in [-0.39, 0.29) is 0 Å². The molecule has 1 aliphatic heterocycles. The van der Waals surface area contributed by atoms with Gasteiger partial charge in [-0.25, -0.2) is 4.98 Å². The monoisotopic (exact) mass is 207 g/mol. The summed E-state index contributed by atoms with van der Waals surface area (Å²) < 4.78 is 2.37. The fourth-order valence-electron chi connectivity index (χ4n) is 2.65. The highest BCUT2D eigenvalue weighted by Gasteiger charge is 2.24. The maximum absolute atomic E-state index is 5.82. The minimum Gasteiger partial charge on any atom is -0.328 e. The van der Waals surface area contributed by atoms with Crippen LogP contribution >= 0.6 is 0 Å². The Hall–Kier alpha value is -0.830. The predicted octanol–water partition coefficient (Wildman–Crippen LogP) is 2.15. The van der Waals surface area contributed by atoms with Crippen molar-refractivity contribution in [3.8, 4) is 0 Å². The lowest BCUT2D eigenvalue weighted by molar-refractivity contribution is 0.398. The van der Waals surface area contributed by atoms with Crippen LogP contribution in [-0.4, -0.2) is 16.1 Å². The third kappa shape index (κ3) is 1.69. The fourth-order valence-corrected chi connectivity index (χ4v) is 2.65. The van der Waals surface area contributed by atoms with E-state index in [1.165, 1.54) is 30.1 Å². The summed E-state index contributed by atoms with van der Waals surface area (Å²) in [5, 5.41) is 0. The molecule has 0 fully saturated rings. The Balaban J connectivity index is 2.46. The zero-order valence-electron chi connectivity index (χ0n) is 9.95. The summed E-state index contributed by atoms with van der Waals surface area (Å²) in [6, 6.07) is 0.480. The van der Waals surface area contributed by atoms with E-state index in [9.17, 15) is 0 Å². The molecule has 1 atom stereocenters. The molecule has 0 bridgehead atoms. The summed E-state index contributed by atoms with van der Waals surface area (Å²) in [6.07, 6.45) is 3.55. The van der Waals surface area contributed by atoms with Crippen LogP contribution in [0.25, 0.3) is 0 Å². The number of hydrogen-bond acceptors (Lipinski definition) is 2. The van der Waals surface area contributed by atoms with E-state index in [1.54, 1.807) is 0 Å². The molecule has 0 spiro atoms. The first-order valence-corrected chi connectivity index (χ1v) is 5.92. The highest BCUT2D eigenvalue weighted by atomic mass is 15.1. The van der Waals surface area contributed by atoms with Gasteiger partial charge in [0.2, 0.25) is 0 Å². The smallest absolute Gasteiger partial charge is 0.109 e. The summed E-state index contributed by atoms with van der Waals surface area (Å²) in [6.45, 7) is 7.33. The predicted molar refractivity (Wildman–Crippen MR) is 62.1 cm³/mol. The van der Waals surface area contributed by atoms with Crippen molar-refractivity contribution in [2.75, 3.05) is 6.54 Å². The van der Waals surface area contributed by atoms with Crippen molar-refractivity contribution < 1.29 is 0 Å². The summed E-state index contributed by atoms with van der Waals surface area (Å²) in [4.78, 5) is 4.76. The van der Waals surface area contributed by atoms with Gasteiger partial charge in [-0.2, -0.15) is 0 Å². The number of aryl methyl sites for hydroxylation is 1. The molecule has 0 saturated carbocycles. The van der Waals surface area contributed by atoms with Crippen LogP contribution in [0.3, 0.4) is 0 Å². The second-order valence-corrected chi connectivity index (χ2v) is 4.81. The Labute approximate surface area is 91.7 Å². The zero-order chi connectivity index (χ0) is 11.0. The van der Waals surface area contributed by atoms with Crippen LogP contribution in [0.1, 0.15) is 55.9 Å². The summed E-state index contributed by atoms with van der Waals surface area (Å²) in [7, 11) is 0. The van der Waals surface area contributed by atoms with Crippen molar-refractivity contribution in [3.63, 3.8) is 0 Å². The van der Waals surface area contributed by atoms with Crippen molar-refractivity contribution >= 4 is 0 Å². The van der Waals surface area contributed by atoms with E-state index in [1.807, 2.05) is 0 Å². The molecule has 3 heteroatoms. The molecular formula is C12H21N3. The molecule has 0 amide bonds. The molecule has 0 aliphatic carbocycles. The Bertz CT molecular complexity index is 352. The van der Waals surface area contributed by atoms with Gasteiger partial charge in [0.1, 0.15) is 5.82 Å². The third-order valence-corrected chi connectivity index (χ3v) is 3.38. The zero-order valence-corrected chi connectivity index (χ0v) is 9.95. The average Bonchev–Trinajstić information content (AvgIpc) is 2.56. The first kappa shape index (κ1) is 10.7. The Kier molecular flexibility index (Phi) is 2.83. The number of nitrogens with two attached hydrogens (primary N) is 1. The summed E-state index contributed by atoms with van der Waals surface area (Å²) in [5.74, 6) is 1.76. The van der Waals surface area contributed by atoms with Gasteiger partial charge in [0.25, 0.3) is 0 Å². The van der Waals surface area contributed by atoms with Crippen LogP contribution in [0.2, 0.25) is 0 Å². The molecule has 2 rings (SSSR count). The second-order valence-electron chi connectivity index (χ2n) is 4.81. The van der Waals surface area contributed by atoms with Gasteiger partial charge in [-0.05, 0) is 25.7 Å². The maximum Gasteiger partial charge on any atom is 0.109 e. The lowest BCUT2D eigenvalue weighted by Crippen LogP contribution is -2.25. The normalized spacial score (nSPS) is 20.7. The fraction of sp³-hybridized carbons (Fsp3) is 0.750. The molecular weight excluding hydrogens is 186 g/mol. The van der Waals surface area contributed by atoms with Crippen LogP contribution in [0.15, 0.2) is 0 Å². The minimum absolute atomic E-state index is 0.480. The molecule has 1 aliphatic rings. The molecule has 0 saturated heterocycles. The quantitative estimate of drug-likeness (QED) is 0.807. The summed E-state index contributed by atoms with van der Waals surface area (Å²) in [5.41, 5.74) is 8.41. The van der Waals surface area contributed by atoms with Crippen molar-refractivity contribution in [2.24, 2.45) is 5.73 Å². The van der Waals surface area contributed by atoms with Gasteiger partial charge in [-0.3, -0.25) is 0 Å². The van der Waals surface area contributed by atoms with E-state index in [2.05, 4.69) is 25.3 Å². The van der Waals surface area contributed by atoms with E-state index in [0.29, 0.717) is 12.0 Å². The van der Waals surface area contributed by atoms with E-state index < -0.39 is 0 Å². The number of imidazole rings is 1. The van der Waals surface area contributed by atoms with Crippen LogP contribution in [-0.2, 0) is 6.42 Å². The molecule has 1 unspecified atom stereocenters. The molecule has 0 aromatic carbocycles. The highest BCUT2D eigenvalue weighted by Crippen LogP contribution is 2.29. The first-order valence-electron chi connectivity index (χ1n) is 5.92. The average molecular weight is 207 g/mol. The molecule has 84 valence electrons. The van der Waals surface area contributed by atoms with Gasteiger partial charge in [0.05, 0.1) is 5.69 Å². The number of nitrogens with zero attached hydrogens (tertiary/aromatic N) is 2.